The first-order valence-electron chi connectivity index (χ1n) is 17.0. The minimum absolute atomic E-state index is 0.0325. The molecule has 0 spiro atoms. The number of ketones is 1. The first kappa shape index (κ1) is 32.2. The zero-order chi connectivity index (χ0) is 31.8. The van der Waals surface area contributed by atoms with Crippen LogP contribution in [0.25, 0.3) is 0 Å². The van der Waals surface area contributed by atoms with Crippen LogP contribution < -0.4 is 4.74 Å². The molecule has 0 aromatic heterocycles. The van der Waals surface area contributed by atoms with Crippen molar-refractivity contribution in [3.63, 3.8) is 0 Å². The van der Waals surface area contributed by atoms with Gasteiger partial charge >= 0.3 is 0 Å². The van der Waals surface area contributed by atoms with E-state index in [4.69, 9.17) is 19.2 Å². The van der Waals surface area contributed by atoms with Crippen molar-refractivity contribution in [3.8, 4) is 5.75 Å². The van der Waals surface area contributed by atoms with Gasteiger partial charge in [0.2, 0.25) is 6.29 Å². The molecular weight excluding hydrogens is 572 g/mol. The molecule has 2 unspecified atom stereocenters. The van der Waals surface area contributed by atoms with Crippen molar-refractivity contribution in [2.45, 2.75) is 103 Å². The Kier molecular flexibility index (Phi) is 10.6. The summed E-state index contributed by atoms with van der Waals surface area (Å²) in [5, 5.41) is 0. The quantitative estimate of drug-likeness (QED) is 0.0803. The first-order chi connectivity index (χ1) is 22.5. The Morgan fingerprint density at radius 2 is 1.50 bits per heavy atom. The zero-order valence-corrected chi connectivity index (χ0v) is 27.2. The van der Waals surface area contributed by atoms with E-state index in [0.717, 1.165) is 61.0 Å². The molecule has 2 aliphatic carbocycles. The smallest absolute Gasteiger partial charge is 0.237 e. The van der Waals surface area contributed by atoms with Crippen molar-refractivity contribution >= 4 is 5.78 Å². The van der Waals surface area contributed by atoms with Crippen LogP contribution in [0.2, 0.25) is 0 Å². The number of Topliss-reactive ketones (excluding diaryl/α,β-unsaturated/α-hetero) is 1. The van der Waals surface area contributed by atoms with E-state index in [1.807, 2.05) is 42.5 Å². The van der Waals surface area contributed by atoms with Gasteiger partial charge < -0.3 is 9.47 Å². The van der Waals surface area contributed by atoms with Crippen molar-refractivity contribution in [1.29, 1.82) is 0 Å². The molecule has 240 valence electrons. The molecule has 5 heteroatoms. The van der Waals surface area contributed by atoms with Gasteiger partial charge in [-0.1, -0.05) is 98.3 Å². The molecule has 2 aliphatic rings. The monoisotopic (exact) mass is 618 g/mol. The highest BCUT2D eigenvalue weighted by Crippen LogP contribution is 2.40. The van der Waals surface area contributed by atoms with Gasteiger partial charge in [-0.25, -0.2) is 9.78 Å². The normalized spacial score (nSPS) is 17.7. The average molecular weight is 619 g/mol. The van der Waals surface area contributed by atoms with Gasteiger partial charge in [0, 0.05) is 6.42 Å². The number of rotatable bonds is 14. The lowest BCUT2D eigenvalue weighted by Gasteiger charge is -2.41. The number of aryl methyl sites for hydroxylation is 3. The van der Waals surface area contributed by atoms with E-state index in [1.165, 1.54) is 35.1 Å². The minimum atomic E-state index is -1.03. The molecule has 46 heavy (non-hydrogen) atoms. The lowest BCUT2D eigenvalue weighted by atomic mass is 9.87. The maximum atomic E-state index is 11.6. The Hall–Kier alpha value is -3.77. The largest absolute Gasteiger partial charge is 0.461 e. The van der Waals surface area contributed by atoms with Crippen LogP contribution in [-0.4, -0.2) is 18.2 Å². The van der Waals surface area contributed by atoms with Crippen molar-refractivity contribution in [1.82, 2.24) is 0 Å². The van der Waals surface area contributed by atoms with Gasteiger partial charge in [0.15, 0.2) is 5.60 Å². The molecule has 5 nitrogen and oxygen atoms in total. The van der Waals surface area contributed by atoms with E-state index in [1.54, 1.807) is 6.92 Å². The van der Waals surface area contributed by atoms with Crippen molar-refractivity contribution in [3.05, 3.63) is 136 Å². The number of hydrogen-bond acceptors (Lipinski definition) is 5. The fourth-order valence-corrected chi connectivity index (χ4v) is 6.96. The van der Waals surface area contributed by atoms with Gasteiger partial charge in [0.1, 0.15) is 18.1 Å². The van der Waals surface area contributed by atoms with Crippen molar-refractivity contribution in [2.24, 2.45) is 0 Å². The number of carbonyl (C=O) groups is 1. The summed E-state index contributed by atoms with van der Waals surface area (Å²) in [7, 11) is 0. The Balaban J connectivity index is 1.32. The van der Waals surface area contributed by atoms with E-state index in [0.29, 0.717) is 12.8 Å². The van der Waals surface area contributed by atoms with Gasteiger partial charge in [-0.2, -0.15) is 0 Å². The maximum Gasteiger partial charge on any atom is 0.237 e. The van der Waals surface area contributed by atoms with E-state index in [9.17, 15) is 4.79 Å². The van der Waals surface area contributed by atoms with Crippen molar-refractivity contribution in [2.75, 3.05) is 0 Å². The fourth-order valence-electron chi connectivity index (χ4n) is 6.96. The van der Waals surface area contributed by atoms with Gasteiger partial charge in [-0.05, 0) is 109 Å². The summed E-state index contributed by atoms with van der Waals surface area (Å²) in [6.45, 7) is 4.02. The molecule has 0 fully saturated rings. The Bertz CT molecular complexity index is 1580. The highest BCUT2D eigenvalue weighted by molar-refractivity contribution is 5.78. The van der Waals surface area contributed by atoms with Crippen LogP contribution in [0.5, 0.6) is 5.75 Å². The predicted molar refractivity (Wildman–Crippen MR) is 181 cm³/mol. The zero-order valence-electron chi connectivity index (χ0n) is 27.2. The highest BCUT2D eigenvalue weighted by Gasteiger charge is 2.47. The van der Waals surface area contributed by atoms with E-state index >= 15 is 0 Å². The second-order valence-corrected chi connectivity index (χ2v) is 12.9. The lowest BCUT2D eigenvalue weighted by Crippen LogP contribution is -2.49. The molecular formula is C41H46O5. The summed E-state index contributed by atoms with van der Waals surface area (Å²) in [6.07, 6.45) is 8.43. The summed E-state index contributed by atoms with van der Waals surface area (Å²) < 4.78 is 14.0. The number of hydrogen-bond donors (Lipinski definition) is 0. The summed E-state index contributed by atoms with van der Waals surface area (Å²) in [5.41, 5.74) is 7.37. The van der Waals surface area contributed by atoms with Crippen LogP contribution in [0, 0.1) is 0 Å². The van der Waals surface area contributed by atoms with E-state index in [-0.39, 0.29) is 18.5 Å². The third-order valence-electron chi connectivity index (χ3n) is 9.35. The van der Waals surface area contributed by atoms with E-state index < -0.39 is 11.9 Å². The van der Waals surface area contributed by atoms with Crippen molar-refractivity contribution < 1.29 is 24.0 Å². The molecule has 0 heterocycles. The standard InChI is InChI=1S/C41H46O5/c1-3-25-41(37-15-5-4-6-16-37,46-43-29-32-19-17-31(18-20-32)26-30(2)42)40(44-38-23-21-33-11-7-9-13-35(33)27-38)45-39-24-22-34-12-8-10-14-36(34)28-39/h4-7,9,11,13,15-20,22,24,28,38,40H,3,8,10,12,14,21,23,25-27,29H2,1-2H3/t38?,40?,41-/m1/s1. The molecule has 0 amide bonds. The van der Waals surface area contributed by atoms with Crippen LogP contribution in [0.1, 0.15) is 84.9 Å². The second kappa shape index (κ2) is 15.2. The third-order valence-corrected chi connectivity index (χ3v) is 9.35. The van der Waals surface area contributed by atoms with Gasteiger partial charge in [-0.15, -0.1) is 0 Å². The number of fused-ring (bicyclic) bond motifs is 2. The number of benzene rings is 4. The number of ether oxygens (including phenoxy) is 2. The molecule has 0 saturated heterocycles. The van der Waals surface area contributed by atoms with Gasteiger partial charge in [-0.3, -0.25) is 4.79 Å². The fraction of sp³-hybridized carbons (Fsp3) is 0.390. The first-order valence-corrected chi connectivity index (χ1v) is 17.0. The Morgan fingerprint density at radius 1 is 0.804 bits per heavy atom. The average Bonchev–Trinajstić information content (AvgIpc) is 3.08. The van der Waals surface area contributed by atoms with Crippen LogP contribution in [0.3, 0.4) is 0 Å². The van der Waals surface area contributed by atoms with Crippen LogP contribution in [0.15, 0.2) is 97.1 Å². The predicted octanol–water partition coefficient (Wildman–Crippen LogP) is 8.82. The third kappa shape index (κ3) is 7.78. The van der Waals surface area contributed by atoms with Crippen LogP contribution in [-0.2, 0) is 63.6 Å². The molecule has 6 rings (SSSR count). The van der Waals surface area contributed by atoms with Gasteiger partial charge in [0.05, 0.1) is 6.10 Å². The van der Waals surface area contributed by atoms with Crippen LogP contribution >= 0.6 is 0 Å². The highest BCUT2D eigenvalue weighted by atomic mass is 17.2. The van der Waals surface area contributed by atoms with Crippen LogP contribution in [0.4, 0.5) is 0 Å². The summed E-state index contributed by atoms with van der Waals surface area (Å²) in [5.74, 6) is 0.939. The molecule has 0 saturated carbocycles. The Labute approximate surface area is 273 Å². The molecule has 4 aromatic rings. The Morgan fingerprint density at radius 3 is 2.26 bits per heavy atom. The summed E-state index contributed by atoms with van der Waals surface area (Å²) in [6, 6.07) is 33.3. The molecule has 3 atom stereocenters. The SMILES string of the molecule is CCC[C@@](OOCc1ccc(CC(C)=O)cc1)(c1ccccc1)C(Oc1ccc2c(c1)CCCC2)OC1CCc2ccccc2C1. The maximum absolute atomic E-state index is 11.6. The number of carbonyl (C=O) groups excluding carboxylic acids is 1. The van der Waals surface area contributed by atoms with E-state index in [2.05, 4.69) is 61.5 Å². The molecule has 0 aliphatic heterocycles. The summed E-state index contributed by atoms with van der Waals surface area (Å²) in [4.78, 5) is 24.3. The summed E-state index contributed by atoms with van der Waals surface area (Å²) >= 11 is 0. The molecule has 0 radical (unpaired) electrons. The lowest BCUT2D eigenvalue weighted by molar-refractivity contribution is -0.416. The van der Waals surface area contributed by atoms with Gasteiger partial charge in [0.25, 0.3) is 0 Å². The topological polar surface area (TPSA) is 54.0 Å². The molecule has 0 bridgehead atoms. The minimum Gasteiger partial charge on any atom is -0.461 e. The molecule has 4 aromatic carbocycles. The second-order valence-electron chi connectivity index (χ2n) is 12.9. The molecule has 0 N–H and O–H groups in total.